The van der Waals surface area contributed by atoms with E-state index in [-0.39, 0.29) is 6.61 Å². The van der Waals surface area contributed by atoms with E-state index in [4.69, 9.17) is 14.2 Å². The fourth-order valence-electron chi connectivity index (χ4n) is 1.80. The number of hydrogen-bond donors (Lipinski definition) is 0. The van der Waals surface area contributed by atoms with Crippen LogP contribution in [0.4, 0.5) is 4.39 Å². The van der Waals surface area contributed by atoms with Gasteiger partial charge in [0.15, 0.2) is 0 Å². The van der Waals surface area contributed by atoms with Crippen molar-refractivity contribution in [1.82, 2.24) is 0 Å². The van der Waals surface area contributed by atoms with Crippen LogP contribution in [0.3, 0.4) is 0 Å². The Balaban J connectivity index is 1.95. The predicted molar refractivity (Wildman–Crippen MR) is 79.3 cm³/mol. The zero-order valence-corrected chi connectivity index (χ0v) is 12.3. The minimum Gasteiger partial charge on any atom is -0.491 e. The third-order valence-electron chi connectivity index (χ3n) is 2.94. The molecule has 0 aromatic heterocycles. The number of ether oxygens (including phenoxy) is 3. The zero-order chi connectivity index (χ0) is 15.8. The van der Waals surface area contributed by atoms with E-state index < -0.39 is 11.8 Å². The summed E-state index contributed by atoms with van der Waals surface area (Å²) in [6, 6.07) is 12.8. The molecule has 0 aliphatic carbocycles. The third-order valence-corrected chi connectivity index (χ3v) is 2.94. The van der Waals surface area contributed by atoms with E-state index in [0.717, 1.165) is 0 Å². The maximum Gasteiger partial charge on any atom is 0.338 e. The lowest BCUT2D eigenvalue weighted by Gasteiger charge is -2.08. The van der Waals surface area contributed by atoms with Gasteiger partial charge < -0.3 is 14.2 Å². The minimum absolute atomic E-state index is 0.111. The van der Waals surface area contributed by atoms with E-state index in [0.29, 0.717) is 30.1 Å². The largest absolute Gasteiger partial charge is 0.491 e. The highest BCUT2D eigenvalue weighted by Crippen LogP contribution is 2.15. The molecule has 5 heteroatoms. The van der Waals surface area contributed by atoms with Crippen LogP contribution in [0.2, 0.25) is 0 Å². The van der Waals surface area contributed by atoms with Crippen molar-refractivity contribution < 1.29 is 23.4 Å². The van der Waals surface area contributed by atoms with Gasteiger partial charge in [0.25, 0.3) is 0 Å². The number of carbonyl (C=O) groups excluding carboxylic acids is 1. The van der Waals surface area contributed by atoms with E-state index in [2.05, 4.69) is 0 Å². The first-order valence-electron chi connectivity index (χ1n) is 6.83. The van der Waals surface area contributed by atoms with Crippen molar-refractivity contribution in [2.24, 2.45) is 0 Å². The Morgan fingerprint density at radius 2 is 1.91 bits per heavy atom. The lowest BCUT2D eigenvalue weighted by Crippen LogP contribution is -2.08. The lowest BCUT2D eigenvalue weighted by molar-refractivity contribution is 0.0468. The Labute approximate surface area is 128 Å². The van der Waals surface area contributed by atoms with E-state index >= 15 is 0 Å². The summed E-state index contributed by atoms with van der Waals surface area (Å²) in [5.41, 5.74) is 0.689. The van der Waals surface area contributed by atoms with Gasteiger partial charge >= 0.3 is 5.97 Å². The smallest absolute Gasteiger partial charge is 0.338 e. The number of hydrogen-bond acceptors (Lipinski definition) is 4. The molecule has 0 atom stereocenters. The number of methoxy groups -OCH3 is 1. The van der Waals surface area contributed by atoms with E-state index in [1.807, 2.05) is 0 Å². The highest BCUT2D eigenvalue weighted by molar-refractivity contribution is 5.89. The quantitative estimate of drug-likeness (QED) is 0.582. The maximum atomic E-state index is 13.5. The van der Waals surface area contributed by atoms with E-state index in [1.165, 1.54) is 6.07 Å². The topological polar surface area (TPSA) is 44.8 Å². The Bertz CT molecular complexity index is 628. The van der Waals surface area contributed by atoms with E-state index in [1.54, 1.807) is 49.6 Å². The van der Waals surface area contributed by atoms with Gasteiger partial charge in [-0.2, -0.15) is 0 Å². The van der Waals surface area contributed by atoms with Gasteiger partial charge in [-0.1, -0.05) is 24.3 Å². The van der Waals surface area contributed by atoms with Crippen molar-refractivity contribution in [2.45, 2.75) is 6.61 Å². The number of esters is 1. The maximum absolute atomic E-state index is 13.5. The summed E-state index contributed by atoms with van der Waals surface area (Å²) in [6.07, 6.45) is 0. The highest BCUT2D eigenvalue weighted by Gasteiger charge is 2.10. The molecule has 2 aromatic rings. The summed E-state index contributed by atoms with van der Waals surface area (Å²) in [4.78, 5) is 12.0. The van der Waals surface area contributed by atoms with Crippen LogP contribution in [-0.4, -0.2) is 26.3 Å². The first-order chi connectivity index (χ1) is 10.7. The molecule has 0 amide bonds. The van der Waals surface area contributed by atoms with Gasteiger partial charge in [0.1, 0.15) is 24.8 Å². The summed E-state index contributed by atoms with van der Waals surface area (Å²) in [5.74, 6) is -0.371. The normalized spacial score (nSPS) is 10.3. The van der Waals surface area contributed by atoms with Crippen LogP contribution in [-0.2, 0) is 16.1 Å². The summed E-state index contributed by atoms with van der Waals surface area (Å²) in [7, 11) is 1.58. The fourth-order valence-corrected chi connectivity index (χ4v) is 1.80. The van der Waals surface area contributed by atoms with Gasteiger partial charge in [0.05, 0.1) is 12.2 Å². The summed E-state index contributed by atoms with van der Waals surface area (Å²) < 4.78 is 28.9. The van der Waals surface area contributed by atoms with Gasteiger partial charge in [0.2, 0.25) is 0 Å². The van der Waals surface area contributed by atoms with Gasteiger partial charge in [-0.25, -0.2) is 9.18 Å². The van der Waals surface area contributed by atoms with Crippen LogP contribution >= 0.6 is 0 Å². The molecular formula is C17H17FO4. The Morgan fingerprint density at radius 3 is 2.68 bits per heavy atom. The molecule has 22 heavy (non-hydrogen) atoms. The molecule has 0 bridgehead atoms. The number of halogens is 1. The van der Waals surface area contributed by atoms with Crippen molar-refractivity contribution in [3.05, 3.63) is 65.5 Å². The van der Waals surface area contributed by atoms with Crippen LogP contribution < -0.4 is 4.74 Å². The number of rotatable bonds is 7. The second-order valence-corrected chi connectivity index (χ2v) is 4.54. The molecule has 0 aliphatic heterocycles. The molecule has 2 aromatic carbocycles. The van der Waals surface area contributed by atoms with Crippen molar-refractivity contribution >= 4 is 5.97 Å². The Hall–Kier alpha value is -2.40. The fraction of sp³-hybridized carbons (Fsp3) is 0.235. The molecule has 4 nitrogen and oxygen atoms in total. The van der Waals surface area contributed by atoms with Crippen LogP contribution in [0.25, 0.3) is 0 Å². The molecule has 0 radical (unpaired) electrons. The number of benzene rings is 2. The highest BCUT2D eigenvalue weighted by atomic mass is 19.1. The first-order valence-corrected chi connectivity index (χ1v) is 6.83. The molecule has 0 saturated heterocycles. The van der Waals surface area contributed by atoms with Gasteiger partial charge in [-0.05, 0) is 24.3 Å². The molecule has 0 saturated carbocycles. The average Bonchev–Trinajstić information content (AvgIpc) is 2.54. The molecule has 2 rings (SSSR count). The molecule has 0 aliphatic rings. The molecule has 0 heterocycles. The second-order valence-electron chi connectivity index (χ2n) is 4.54. The predicted octanol–water partition coefficient (Wildman–Crippen LogP) is 3.21. The summed E-state index contributed by atoms with van der Waals surface area (Å²) in [5, 5.41) is 0. The molecular weight excluding hydrogens is 287 g/mol. The van der Waals surface area contributed by atoms with Crippen molar-refractivity contribution in [3.8, 4) is 5.75 Å². The second kappa shape index (κ2) is 8.14. The van der Waals surface area contributed by atoms with Crippen LogP contribution in [0.5, 0.6) is 5.75 Å². The average molecular weight is 304 g/mol. The number of carbonyl (C=O) groups is 1. The first kappa shape index (κ1) is 16.0. The van der Waals surface area contributed by atoms with E-state index in [9.17, 15) is 9.18 Å². The molecule has 116 valence electrons. The lowest BCUT2D eigenvalue weighted by atomic mass is 10.2. The van der Waals surface area contributed by atoms with Crippen LogP contribution in [0.15, 0.2) is 48.5 Å². The zero-order valence-electron chi connectivity index (χ0n) is 12.3. The SMILES string of the molecule is COCCOc1cccc(C(=O)OCc2ccccc2F)c1. The Morgan fingerprint density at radius 1 is 1.09 bits per heavy atom. The molecule has 0 spiro atoms. The molecule has 0 N–H and O–H groups in total. The van der Waals surface area contributed by atoms with Gasteiger partial charge in [-0.15, -0.1) is 0 Å². The summed E-state index contributed by atoms with van der Waals surface area (Å²) in [6.45, 7) is 0.743. The summed E-state index contributed by atoms with van der Waals surface area (Å²) >= 11 is 0. The van der Waals surface area contributed by atoms with Crippen molar-refractivity contribution in [1.29, 1.82) is 0 Å². The minimum atomic E-state index is -0.527. The van der Waals surface area contributed by atoms with Crippen molar-refractivity contribution in [3.63, 3.8) is 0 Å². The third kappa shape index (κ3) is 4.56. The van der Waals surface area contributed by atoms with Crippen LogP contribution in [0.1, 0.15) is 15.9 Å². The van der Waals surface area contributed by atoms with Gasteiger partial charge in [0, 0.05) is 12.7 Å². The standard InChI is InChI=1S/C17H17FO4/c1-20-9-10-21-15-7-4-6-13(11-15)17(19)22-12-14-5-2-3-8-16(14)18/h2-8,11H,9-10,12H2,1H3. The monoisotopic (exact) mass is 304 g/mol. The molecule has 0 unspecified atom stereocenters. The Kier molecular flexibility index (Phi) is 5.91. The van der Waals surface area contributed by atoms with Crippen molar-refractivity contribution in [2.75, 3.05) is 20.3 Å². The molecule has 0 fully saturated rings. The van der Waals surface area contributed by atoms with Crippen LogP contribution in [0, 0.1) is 5.82 Å². The van der Waals surface area contributed by atoms with Gasteiger partial charge in [-0.3, -0.25) is 0 Å².